The van der Waals surface area contributed by atoms with Crippen LogP contribution in [0.4, 0.5) is 5.69 Å². The van der Waals surface area contributed by atoms with Crippen molar-refractivity contribution in [2.75, 3.05) is 18.0 Å². The van der Waals surface area contributed by atoms with Crippen LogP contribution in [0.1, 0.15) is 24.3 Å². The van der Waals surface area contributed by atoms with Gasteiger partial charge < -0.3 is 4.90 Å². The maximum Gasteiger partial charge on any atom is 0.245 e. The van der Waals surface area contributed by atoms with E-state index in [1.807, 2.05) is 29.6 Å². The van der Waals surface area contributed by atoms with E-state index in [0.29, 0.717) is 6.42 Å². The predicted octanol–water partition coefficient (Wildman–Crippen LogP) is 3.29. The van der Waals surface area contributed by atoms with Gasteiger partial charge in [0.25, 0.3) is 0 Å². The molecular formula is C17H21N3OS. The van der Waals surface area contributed by atoms with E-state index in [2.05, 4.69) is 41.4 Å². The van der Waals surface area contributed by atoms with E-state index in [4.69, 9.17) is 0 Å². The Bertz CT molecular complexity index is 601. The van der Waals surface area contributed by atoms with Gasteiger partial charge in [-0.05, 0) is 43.0 Å². The first kappa shape index (κ1) is 16.2. The first-order chi connectivity index (χ1) is 10.7. The number of rotatable bonds is 7. The second-order valence-electron chi connectivity index (χ2n) is 4.81. The van der Waals surface area contributed by atoms with E-state index in [9.17, 15) is 4.79 Å². The fraction of sp³-hybridized carbons (Fsp3) is 0.294. The topological polar surface area (TPSA) is 44.7 Å². The van der Waals surface area contributed by atoms with Crippen molar-refractivity contribution in [3.63, 3.8) is 0 Å². The lowest BCUT2D eigenvalue weighted by Gasteiger charge is -2.20. The van der Waals surface area contributed by atoms with Crippen LogP contribution in [0, 0.1) is 0 Å². The molecule has 0 spiro atoms. The van der Waals surface area contributed by atoms with E-state index in [-0.39, 0.29) is 5.91 Å². The van der Waals surface area contributed by atoms with Crippen LogP contribution < -0.4 is 10.3 Å². The number of nitrogens with zero attached hydrogens (tertiary/aromatic N) is 2. The summed E-state index contributed by atoms with van der Waals surface area (Å²) in [6.45, 7) is 6.26. The average Bonchev–Trinajstić information content (AvgIpc) is 3.03. The van der Waals surface area contributed by atoms with Crippen molar-refractivity contribution < 1.29 is 4.79 Å². The van der Waals surface area contributed by atoms with Crippen molar-refractivity contribution in [3.05, 3.63) is 52.2 Å². The summed E-state index contributed by atoms with van der Waals surface area (Å²) >= 11 is 1.57. The summed E-state index contributed by atoms with van der Waals surface area (Å²) in [6.07, 6.45) is 2.04. The third-order valence-corrected chi connectivity index (χ3v) is 4.22. The van der Waals surface area contributed by atoms with Crippen molar-refractivity contribution >= 4 is 29.1 Å². The third kappa shape index (κ3) is 4.70. The van der Waals surface area contributed by atoms with Crippen LogP contribution in [-0.2, 0) is 11.2 Å². The molecule has 2 rings (SSSR count). The largest absolute Gasteiger partial charge is 0.372 e. The van der Waals surface area contributed by atoms with Crippen LogP contribution in [0.15, 0.2) is 46.9 Å². The monoisotopic (exact) mass is 315 g/mol. The summed E-state index contributed by atoms with van der Waals surface area (Å²) in [5, 5.41) is 5.97. The smallest absolute Gasteiger partial charge is 0.245 e. The Labute approximate surface area is 135 Å². The van der Waals surface area contributed by atoms with Gasteiger partial charge in [0.05, 0.1) is 12.6 Å². The summed E-state index contributed by atoms with van der Waals surface area (Å²) in [6, 6.07) is 12.0. The molecule has 0 unspecified atom stereocenters. The summed E-state index contributed by atoms with van der Waals surface area (Å²) in [7, 11) is 0. The minimum absolute atomic E-state index is 0.0986. The highest BCUT2D eigenvalue weighted by Crippen LogP contribution is 2.14. The molecule has 5 heteroatoms. The number of hydrogen-bond donors (Lipinski definition) is 1. The van der Waals surface area contributed by atoms with Crippen molar-refractivity contribution in [1.82, 2.24) is 5.43 Å². The molecule has 0 saturated carbocycles. The van der Waals surface area contributed by atoms with Crippen molar-refractivity contribution in [2.24, 2.45) is 5.10 Å². The minimum atomic E-state index is -0.0986. The molecule has 116 valence electrons. The van der Waals surface area contributed by atoms with Crippen LogP contribution in [-0.4, -0.2) is 25.2 Å². The molecule has 2 aromatic rings. The highest BCUT2D eigenvalue weighted by atomic mass is 32.1. The van der Waals surface area contributed by atoms with Gasteiger partial charge in [0.15, 0.2) is 0 Å². The fourth-order valence-electron chi connectivity index (χ4n) is 2.15. The van der Waals surface area contributed by atoms with Gasteiger partial charge in [-0.3, -0.25) is 4.79 Å². The van der Waals surface area contributed by atoms with Gasteiger partial charge in [-0.2, -0.15) is 5.10 Å². The fourth-order valence-corrected chi connectivity index (χ4v) is 2.85. The zero-order chi connectivity index (χ0) is 15.8. The molecule has 1 aromatic carbocycles. The Morgan fingerprint density at radius 3 is 2.55 bits per heavy atom. The summed E-state index contributed by atoms with van der Waals surface area (Å²) in [5.41, 5.74) is 4.72. The van der Waals surface area contributed by atoms with E-state index >= 15 is 0 Å². The molecular weight excluding hydrogens is 294 g/mol. The number of hydrogen-bond acceptors (Lipinski definition) is 4. The molecule has 0 atom stereocenters. The SMILES string of the molecule is CCN(CC)c1ccc(C=NNC(=O)Cc2cccs2)cc1. The van der Waals surface area contributed by atoms with E-state index in [1.165, 1.54) is 5.69 Å². The molecule has 0 aliphatic carbocycles. The van der Waals surface area contributed by atoms with Gasteiger partial charge in [0, 0.05) is 23.7 Å². The molecule has 0 saturated heterocycles. The Morgan fingerprint density at radius 1 is 1.23 bits per heavy atom. The quantitative estimate of drug-likeness (QED) is 0.629. The summed E-state index contributed by atoms with van der Waals surface area (Å²) in [5.74, 6) is -0.0986. The number of benzene rings is 1. The van der Waals surface area contributed by atoms with Crippen LogP contribution in [0.3, 0.4) is 0 Å². The average molecular weight is 315 g/mol. The Kier molecular flexibility index (Phi) is 6.15. The van der Waals surface area contributed by atoms with Crippen molar-refractivity contribution in [1.29, 1.82) is 0 Å². The zero-order valence-corrected chi connectivity index (χ0v) is 13.8. The molecule has 0 fully saturated rings. The predicted molar refractivity (Wildman–Crippen MR) is 93.8 cm³/mol. The summed E-state index contributed by atoms with van der Waals surface area (Å²) < 4.78 is 0. The lowest BCUT2D eigenvalue weighted by Crippen LogP contribution is -2.21. The second kappa shape index (κ2) is 8.34. The summed E-state index contributed by atoms with van der Waals surface area (Å²) in [4.78, 5) is 15.0. The number of amides is 1. The van der Waals surface area contributed by atoms with Gasteiger partial charge in [-0.25, -0.2) is 5.43 Å². The van der Waals surface area contributed by atoms with E-state index in [0.717, 1.165) is 23.5 Å². The maximum atomic E-state index is 11.7. The number of nitrogens with one attached hydrogen (secondary N) is 1. The zero-order valence-electron chi connectivity index (χ0n) is 13.0. The van der Waals surface area contributed by atoms with Gasteiger partial charge in [-0.15, -0.1) is 11.3 Å². The number of carbonyl (C=O) groups excluding carboxylic acids is 1. The van der Waals surface area contributed by atoms with E-state index in [1.54, 1.807) is 17.6 Å². The van der Waals surface area contributed by atoms with Crippen LogP contribution in [0.5, 0.6) is 0 Å². The van der Waals surface area contributed by atoms with Crippen LogP contribution in [0.25, 0.3) is 0 Å². The Morgan fingerprint density at radius 2 is 1.95 bits per heavy atom. The molecule has 1 N–H and O–H groups in total. The second-order valence-corrected chi connectivity index (χ2v) is 5.85. The lowest BCUT2D eigenvalue weighted by molar-refractivity contribution is -0.120. The molecule has 0 aliphatic rings. The molecule has 1 amide bonds. The Hall–Kier alpha value is -2.14. The standard InChI is InChI=1S/C17H21N3OS/c1-3-20(4-2)15-9-7-14(8-10-15)13-18-19-17(21)12-16-6-5-11-22-16/h5-11,13H,3-4,12H2,1-2H3,(H,19,21). The Balaban J connectivity index is 1.86. The lowest BCUT2D eigenvalue weighted by atomic mass is 10.2. The van der Waals surface area contributed by atoms with Crippen LogP contribution in [0.2, 0.25) is 0 Å². The molecule has 1 aromatic heterocycles. The van der Waals surface area contributed by atoms with Crippen LogP contribution >= 0.6 is 11.3 Å². The molecule has 0 aliphatic heterocycles. The first-order valence-corrected chi connectivity index (χ1v) is 8.30. The molecule has 4 nitrogen and oxygen atoms in total. The maximum absolute atomic E-state index is 11.7. The highest BCUT2D eigenvalue weighted by Gasteiger charge is 2.03. The van der Waals surface area contributed by atoms with Gasteiger partial charge in [-0.1, -0.05) is 18.2 Å². The van der Waals surface area contributed by atoms with Crippen molar-refractivity contribution in [3.8, 4) is 0 Å². The minimum Gasteiger partial charge on any atom is -0.372 e. The number of carbonyl (C=O) groups is 1. The first-order valence-electron chi connectivity index (χ1n) is 7.42. The molecule has 0 bridgehead atoms. The number of hydrazone groups is 1. The van der Waals surface area contributed by atoms with Gasteiger partial charge in [0.2, 0.25) is 5.91 Å². The normalized spacial score (nSPS) is 10.8. The van der Waals surface area contributed by atoms with Gasteiger partial charge >= 0.3 is 0 Å². The number of thiophene rings is 1. The third-order valence-electron chi connectivity index (χ3n) is 3.34. The van der Waals surface area contributed by atoms with Crippen molar-refractivity contribution in [2.45, 2.75) is 20.3 Å². The van der Waals surface area contributed by atoms with Gasteiger partial charge in [0.1, 0.15) is 0 Å². The highest BCUT2D eigenvalue weighted by molar-refractivity contribution is 7.10. The van der Waals surface area contributed by atoms with E-state index < -0.39 is 0 Å². The molecule has 0 radical (unpaired) electrons. The number of anilines is 1. The molecule has 1 heterocycles. The molecule has 22 heavy (non-hydrogen) atoms.